The summed E-state index contributed by atoms with van der Waals surface area (Å²) < 4.78 is 28.8. The quantitative estimate of drug-likeness (QED) is 0.847. The lowest BCUT2D eigenvalue weighted by Gasteiger charge is -2.27. The van der Waals surface area contributed by atoms with Gasteiger partial charge in [0.15, 0.2) is 0 Å². The van der Waals surface area contributed by atoms with E-state index in [9.17, 15) is 8.94 Å². The van der Waals surface area contributed by atoms with Gasteiger partial charge in [0, 0.05) is 15.8 Å². The summed E-state index contributed by atoms with van der Waals surface area (Å²) in [5.74, 6) is -0.294. The van der Waals surface area contributed by atoms with Crippen molar-refractivity contribution in [3.05, 3.63) is 33.5 Å². The molecule has 2 nitrogen and oxygen atoms in total. The van der Waals surface area contributed by atoms with Crippen LogP contribution in [-0.2, 0) is 11.4 Å². The molecule has 2 unspecified atom stereocenters. The Morgan fingerprint density at radius 1 is 1.39 bits per heavy atom. The second-order valence-electron chi connectivity index (χ2n) is 5.32. The van der Waals surface area contributed by atoms with Crippen LogP contribution >= 0.6 is 15.9 Å². The van der Waals surface area contributed by atoms with Crippen LogP contribution in [0.1, 0.15) is 44.9 Å². The highest BCUT2D eigenvalue weighted by molar-refractivity contribution is 9.10. The van der Waals surface area contributed by atoms with Crippen molar-refractivity contribution in [2.75, 3.05) is 0 Å². The molecule has 0 bridgehead atoms. The number of hydrogen-bond donors (Lipinski definition) is 1. The van der Waals surface area contributed by atoms with E-state index in [1.165, 1.54) is 12.1 Å². The normalized spacial score (nSPS) is 15.6. The van der Waals surface area contributed by atoms with E-state index in [1.807, 2.05) is 34.6 Å². The molecule has 18 heavy (non-hydrogen) atoms. The molecule has 0 aliphatic heterocycles. The molecule has 1 aromatic rings. The molecule has 1 aromatic carbocycles. The molecule has 0 fully saturated rings. The summed E-state index contributed by atoms with van der Waals surface area (Å²) in [6, 6.07) is 2.75. The highest BCUT2D eigenvalue weighted by Gasteiger charge is 2.29. The minimum atomic E-state index is -1.18. The zero-order valence-corrected chi connectivity index (χ0v) is 13.7. The van der Waals surface area contributed by atoms with E-state index < -0.39 is 11.4 Å². The topological polar surface area (TPSA) is 35.1 Å². The van der Waals surface area contributed by atoms with Crippen molar-refractivity contribution in [3.8, 4) is 0 Å². The fraction of sp³-hybridized carbons (Fsp3) is 0.538. The number of nitrogens with one attached hydrogen (secondary N) is 1. The molecule has 0 saturated carbocycles. The van der Waals surface area contributed by atoms with Crippen molar-refractivity contribution in [1.82, 2.24) is 4.72 Å². The van der Waals surface area contributed by atoms with Crippen LogP contribution in [0.2, 0.25) is 0 Å². The van der Waals surface area contributed by atoms with Crippen LogP contribution in [0.3, 0.4) is 0 Å². The summed E-state index contributed by atoms with van der Waals surface area (Å²) in [6.07, 6.45) is 0. The fourth-order valence-corrected chi connectivity index (χ4v) is 2.77. The zero-order chi connectivity index (χ0) is 14.1. The van der Waals surface area contributed by atoms with E-state index in [1.54, 1.807) is 0 Å². The third-order valence-electron chi connectivity index (χ3n) is 2.66. The van der Waals surface area contributed by atoms with Gasteiger partial charge in [0.2, 0.25) is 0 Å². The average molecular weight is 336 g/mol. The predicted octanol–water partition coefficient (Wildman–Crippen LogP) is 4.01. The molecular weight excluding hydrogens is 317 g/mol. The molecule has 0 aliphatic rings. The first-order chi connectivity index (χ1) is 8.12. The first-order valence-electron chi connectivity index (χ1n) is 5.76. The molecule has 0 aromatic heterocycles. The van der Waals surface area contributed by atoms with Gasteiger partial charge in [0.05, 0.1) is 6.04 Å². The summed E-state index contributed by atoms with van der Waals surface area (Å²) in [6.45, 7) is 9.50. The van der Waals surface area contributed by atoms with Gasteiger partial charge in [-0.15, -0.1) is 4.72 Å². The lowest BCUT2D eigenvalue weighted by molar-refractivity contribution is 0.529. The summed E-state index contributed by atoms with van der Waals surface area (Å²) >= 11 is 2.15. The summed E-state index contributed by atoms with van der Waals surface area (Å²) in [4.78, 5) is 0. The van der Waals surface area contributed by atoms with Crippen LogP contribution < -0.4 is 4.72 Å². The third-order valence-corrected chi connectivity index (χ3v) is 5.16. The highest BCUT2D eigenvalue weighted by atomic mass is 79.9. The van der Waals surface area contributed by atoms with Crippen LogP contribution in [0.5, 0.6) is 0 Å². The Balaban J connectivity index is 2.95. The van der Waals surface area contributed by atoms with Gasteiger partial charge in [-0.05, 0) is 57.9 Å². The predicted molar refractivity (Wildman–Crippen MR) is 78.3 cm³/mol. The van der Waals surface area contributed by atoms with E-state index in [2.05, 4.69) is 20.7 Å². The minimum absolute atomic E-state index is 0.169. The maximum atomic E-state index is 13.4. The maximum absolute atomic E-state index is 13.4. The lowest BCUT2D eigenvalue weighted by atomic mass is 10.0. The molecule has 0 radical (unpaired) electrons. The van der Waals surface area contributed by atoms with Crippen molar-refractivity contribution < 1.29 is 8.94 Å². The SMILES string of the molecule is Cc1c(Br)cc(F)cc1C(C)N[S+]([O-])C(C)(C)C. The Morgan fingerprint density at radius 2 is 1.94 bits per heavy atom. The Morgan fingerprint density at radius 3 is 2.44 bits per heavy atom. The first-order valence-corrected chi connectivity index (χ1v) is 7.71. The molecule has 102 valence electrons. The molecule has 0 spiro atoms. The second-order valence-corrected chi connectivity index (χ2v) is 8.17. The van der Waals surface area contributed by atoms with E-state index in [0.717, 1.165) is 15.6 Å². The molecule has 0 aliphatic carbocycles. The maximum Gasteiger partial charge on any atom is 0.136 e. The van der Waals surface area contributed by atoms with Gasteiger partial charge < -0.3 is 4.55 Å². The standard InChI is InChI=1S/C13H19BrFNOS/c1-8-11(6-10(15)7-12(8)14)9(2)16-18(17)13(3,4)5/h6-7,9,16H,1-5H3. The summed E-state index contributed by atoms with van der Waals surface area (Å²) in [5, 5.41) is 0. The van der Waals surface area contributed by atoms with Crippen LogP contribution in [0.25, 0.3) is 0 Å². The molecule has 0 amide bonds. The summed E-state index contributed by atoms with van der Waals surface area (Å²) in [7, 11) is 0. The van der Waals surface area contributed by atoms with Crippen molar-refractivity contribution in [3.63, 3.8) is 0 Å². The Kier molecular flexibility index (Phi) is 5.23. The molecule has 2 atom stereocenters. The molecule has 0 heterocycles. The van der Waals surface area contributed by atoms with Crippen LogP contribution in [0, 0.1) is 12.7 Å². The van der Waals surface area contributed by atoms with E-state index in [-0.39, 0.29) is 16.6 Å². The highest BCUT2D eigenvalue weighted by Crippen LogP contribution is 2.27. The van der Waals surface area contributed by atoms with Gasteiger partial charge >= 0.3 is 0 Å². The molecule has 0 saturated heterocycles. The molecule has 5 heteroatoms. The van der Waals surface area contributed by atoms with Crippen LogP contribution in [-0.4, -0.2) is 9.30 Å². The van der Waals surface area contributed by atoms with Gasteiger partial charge in [-0.1, -0.05) is 15.9 Å². The number of hydrogen-bond acceptors (Lipinski definition) is 2. The van der Waals surface area contributed by atoms with Gasteiger partial charge in [-0.3, -0.25) is 0 Å². The van der Waals surface area contributed by atoms with Crippen molar-refractivity contribution >= 4 is 27.3 Å². The van der Waals surface area contributed by atoms with Gasteiger partial charge in [0.1, 0.15) is 10.6 Å². The van der Waals surface area contributed by atoms with Crippen LogP contribution in [0.4, 0.5) is 4.39 Å². The van der Waals surface area contributed by atoms with Gasteiger partial charge in [-0.2, -0.15) is 0 Å². The van der Waals surface area contributed by atoms with E-state index in [0.29, 0.717) is 0 Å². The molecule has 1 rings (SSSR count). The fourth-order valence-electron chi connectivity index (χ4n) is 1.52. The van der Waals surface area contributed by atoms with Crippen molar-refractivity contribution in [2.45, 2.75) is 45.4 Å². The molecule has 1 N–H and O–H groups in total. The smallest absolute Gasteiger partial charge is 0.136 e. The first kappa shape index (κ1) is 16.0. The second kappa shape index (κ2) is 5.90. The minimum Gasteiger partial charge on any atom is -0.598 e. The van der Waals surface area contributed by atoms with Gasteiger partial charge in [-0.25, -0.2) is 4.39 Å². The summed E-state index contributed by atoms with van der Waals surface area (Å²) in [5.41, 5.74) is 1.78. The third kappa shape index (κ3) is 3.95. The number of benzene rings is 1. The van der Waals surface area contributed by atoms with Crippen molar-refractivity contribution in [2.24, 2.45) is 0 Å². The number of rotatable bonds is 3. The van der Waals surface area contributed by atoms with E-state index >= 15 is 0 Å². The van der Waals surface area contributed by atoms with Crippen molar-refractivity contribution in [1.29, 1.82) is 0 Å². The molecular formula is C13H19BrFNOS. The lowest BCUT2D eigenvalue weighted by Crippen LogP contribution is -2.40. The number of halogens is 2. The zero-order valence-electron chi connectivity index (χ0n) is 11.3. The van der Waals surface area contributed by atoms with E-state index in [4.69, 9.17) is 0 Å². The van der Waals surface area contributed by atoms with Crippen LogP contribution in [0.15, 0.2) is 16.6 Å². The largest absolute Gasteiger partial charge is 0.598 e. The Bertz CT molecular complexity index is 434. The average Bonchev–Trinajstić information content (AvgIpc) is 2.21. The Hall–Kier alpha value is -0.100. The Labute approximate surface area is 120 Å². The monoisotopic (exact) mass is 335 g/mol. The van der Waals surface area contributed by atoms with Gasteiger partial charge in [0.25, 0.3) is 0 Å².